The van der Waals surface area contributed by atoms with E-state index in [1.54, 1.807) is 25.3 Å². The van der Waals surface area contributed by atoms with Gasteiger partial charge in [0.05, 0.1) is 11.1 Å². The molecule has 1 amide bonds. The monoisotopic (exact) mass is 309 g/mol. The number of nitrogens with zero attached hydrogens (tertiary/aromatic N) is 4. The van der Waals surface area contributed by atoms with E-state index in [0.29, 0.717) is 17.0 Å². The lowest BCUT2D eigenvalue weighted by atomic mass is 9.90. The zero-order valence-electron chi connectivity index (χ0n) is 11.6. The number of hydrogen-bond acceptors (Lipinski definition) is 6. The van der Waals surface area contributed by atoms with Gasteiger partial charge in [0.25, 0.3) is 5.91 Å². The van der Waals surface area contributed by atoms with E-state index >= 15 is 0 Å². The SMILES string of the molecule is CC(C)(CCNC(=O)c1sccc1-n1cnnn1)C(=O)O. The summed E-state index contributed by atoms with van der Waals surface area (Å²) in [5.74, 6) is -1.15. The molecule has 21 heavy (non-hydrogen) atoms. The fourth-order valence-corrected chi connectivity index (χ4v) is 2.39. The Kier molecular flexibility index (Phi) is 4.32. The fourth-order valence-electron chi connectivity index (χ4n) is 1.60. The van der Waals surface area contributed by atoms with Crippen LogP contribution in [0.1, 0.15) is 29.9 Å². The van der Waals surface area contributed by atoms with Crippen molar-refractivity contribution in [1.29, 1.82) is 0 Å². The van der Waals surface area contributed by atoms with Crippen molar-refractivity contribution in [3.63, 3.8) is 0 Å². The maximum atomic E-state index is 12.1. The lowest BCUT2D eigenvalue weighted by Crippen LogP contribution is -2.32. The van der Waals surface area contributed by atoms with Crippen molar-refractivity contribution in [3.8, 4) is 5.69 Å². The van der Waals surface area contributed by atoms with Crippen molar-refractivity contribution >= 4 is 23.2 Å². The van der Waals surface area contributed by atoms with Crippen LogP contribution < -0.4 is 5.32 Å². The molecule has 9 heteroatoms. The van der Waals surface area contributed by atoms with E-state index in [1.165, 1.54) is 22.3 Å². The van der Waals surface area contributed by atoms with Crippen molar-refractivity contribution in [2.24, 2.45) is 5.41 Å². The predicted molar refractivity (Wildman–Crippen MR) is 75.4 cm³/mol. The maximum absolute atomic E-state index is 12.1. The highest BCUT2D eigenvalue weighted by Gasteiger charge is 2.27. The lowest BCUT2D eigenvalue weighted by molar-refractivity contribution is -0.147. The summed E-state index contributed by atoms with van der Waals surface area (Å²) in [4.78, 5) is 23.6. The second-order valence-corrected chi connectivity index (χ2v) is 6.00. The van der Waals surface area contributed by atoms with Crippen LogP contribution in [0.2, 0.25) is 0 Å². The van der Waals surface area contributed by atoms with Gasteiger partial charge in [0.1, 0.15) is 11.2 Å². The van der Waals surface area contributed by atoms with Crippen molar-refractivity contribution in [2.45, 2.75) is 20.3 Å². The Bertz CT molecular complexity index is 635. The van der Waals surface area contributed by atoms with Gasteiger partial charge in [0.2, 0.25) is 0 Å². The van der Waals surface area contributed by atoms with Gasteiger partial charge in [0.15, 0.2) is 0 Å². The van der Waals surface area contributed by atoms with E-state index < -0.39 is 11.4 Å². The van der Waals surface area contributed by atoms with E-state index in [2.05, 4.69) is 20.8 Å². The lowest BCUT2D eigenvalue weighted by Gasteiger charge is -2.18. The third-order valence-electron chi connectivity index (χ3n) is 3.06. The number of amides is 1. The van der Waals surface area contributed by atoms with Crippen molar-refractivity contribution in [2.75, 3.05) is 6.54 Å². The standard InChI is InChI=1S/C12H15N5O3S/c1-12(2,11(19)20)4-5-13-10(18)9-8(3-6-21-9)17-7-14-15-16-17/h3,6-7H,4-5H2,1-2H3,(H,13,18)(H,19,20). The van der Waals surface area contributed by atoms with Gasteiger partial charge in [-0.3, -0.25) is 9.59 Å². The van der Waals surface area contributed by atoms with Gasteiger partial charge in [-0.2, -0.15) is 4.68 Å². The van der Waals surface area contributed by atoms with E-state index in [9.17, 15) is 9.59 Å². The summed E-state index contributed by atoms with van der Waals surface area (Å²) in [6, 6.07) is 1.75. The van der Waals surface area contributed by atoms with Crippen molar-refractivity contribution in [3.05, 3.63) is 22.7 Å². The summed E-state index contributed by atoms with van der Waals surface area (Å²) in [6.07, 6.45) is 1.76. The molecule has 2 aromatic heterocycles. The molecule has 0 aliphatic rings. The topological polar surface area (TPSA) is 110 Å². The second-order valence-electron chi connectivity index (χ2n) is 5.08. The molecule has 8 nitrogen and oxygen atoms in total. The average molecular weight is 309 g/mol. The van der Waals surface area contributed by atoms with Gasteiger partial charge in [-0.05, 0) is 42.1 Å². The van der Waals surface area contributed by atoms with Crippen molar-refractivity contribution < 1.29 is 14.7 Å². The molecule has 0 saturated heterocycles. The fraction of sp³-hybridized carbons (Fsp3) is 0.417. The minimum absolute atomic E-state index is 0.267. The normalized spacial score (nSPS) is 11.3. The number of carboxylic acids is 1. The molecular formula is C12H15N5O3S. The molecule has 112 valence electrons. The first-order valence-corrected chi connectivity index (χ1v) is 7.12. The quantitative estimate of drug-likeness (QED) is 0.822. The minimum atomic E-state index is -0.887. The minimum Gasteiger partial charge on any atom is -0.481 e. The summed E-state index contributed by atoms with van der Waals surface area (Å²) >= 11 is 1.28. The molecule has 0 radical (unpaired) electrons. The molecule has 0 aromatic carbocycles. The number of thiophene rings is 1. The van der Waals surface area contributed by atoms with Crippen LogP contribution in [-0.2, 0) is 4.79 Å². The first-order valence-electron chi connectivity index (χ1n) is 6.24. The Balaban J connectivity index is 1.99. The zero-order chi connectivity index (χ0) is 15.5. The number of hydrogen-bond donors (Lipinski definition) is 2. The number of carbonyl (C=O) groups excluding carboxylic acids is 1. The van der Waals surface area contributed by atoms with Crippen LogP contribution in [0.5, 0.6) is 0 Å². The Morgan fingerprint density at radius 1 is 1.48 bits per heavy atom. The van der Waals surface area contributed by atoms with Crippen LogP contribution in [0.15, 0.2) is 17.8 Å². The summed E-state index contributed by atoms with van der Waals surface area (Å²) in [7, 11) is 0. The van der Waals surface area contributed by atoms with Gasteiger partial charge >= 0.3 is 5.97 Å². The number of rotatable bonds is 6. The van der Waals surface area contributed by atoms with Gasteiger partial charge in [-0.15, -0.1) is 16.4 Å². The largest absolute Gasteiger partial charge is 0.481 e. The average Bonchev–Trinajstić information content (AvgIpc) is 3.08. The second kappa shape index (κ2) is 6.00. The summed E-state index contributed by atoms with van der Waals surface area (Å²) in [5, 5.41) is 24.3. The molecule has 2 heterocycles. The Morgan fingerprint density at radius 2 is 2.24 bits per heavy atom. The molecule has 0 saturated carbocycles. The van der Waals surface area contributed by atoms with Crippen LogP contribution in [0.3, 0.4) is 0 Å². The molecule has 0 spiro atoms. The van der Waals surface area contributed by atoms with Gasteiger partial charge in [-0.1, -0.05) is 0 Å². The number of carboxylic acid groups (broad SMARTS) is 1. The van der Waals surface area contributed by atoms with Gasteiger partial charge in [0, 0.05) is 6.54 Å². The molecule has 2 rings (SSSR count). The number of carbonyl (C=O) groups is 2. The number of tetrazole rings is 1. The third-order valence-corrected chi connectivity index (χ3v) is 3.96. The summed E-state index contributed by atoms with van der Waals surface area (Å²) in [5.41, 5.74) is -0.276. The Hall–Kier alpha value is -2.29. The number of nitrogens with one attached hydrogen (secondary N) is 1. The molecule has 0 aliphatic carbocycles. The van der Waals surface area contributed by atoms with Gasteiger partial charge in [-0.25, -0.2) is 0 Å². The third kappa shape index (κ3) is 3.43. The van der Waals surface area contributed by atoms with E-state index in [1.807, 2.05) is 0 Å². The van der Waals surface area contributed by atoms with Crippen LogP contribution in [0.4, 0.5) is 0 Å². The predicted octanol–water partition coefficient (Wildman–Crippen LogP) is 0.954. The van der Waals surface area contributed by atoms with Gasteiger partial charge < -0.3 is 10.4 Å². The molecule has 2 aromatic rings. The molecular weight excluding hydrogens is 294 g/mol. The highest BCUT2D eigenvalue weighted by molar-refractivity contribution is 7.12. The number of aromatic nitrogens is 4. The van der Waals surface area contributed by atoms with E-state index in [4.69, 9.17) is 5.11 Å². The van der Waals surface area contributed by atoms with Crippen LogP contribution in [0.25, 0.3) is 5.69 Å². The smallest absolute Gasteiger partial charge is 0.309 e. The molecule has 0 bridgehead atoms. The zero-order valence-corrected chi connectivity index (χ0v) is 12.4. The van der Waals surface area contributed by atoms with Crippen LogP contribution in [-0.4, -0.2) is 43.7 Å². The van der Waals surface area contributed by atoms with E-state index in [0.717, 1.165) is 0 Å². The molecule has 2 N–H and O–H groups in total. The highest BCUT2D eigenvalue weighted by Crippen LogP contribution is 2.21. The number of aliphatic carboxylic acids is 1. The molecule has 0 unspecified atom stereocenters. The summed E-state index contributed by atoms with van der Waals surface area (Å²) < 4.78 is 1.41. The molecule has 0 atom stereocenters. The summed E-state index contributed by atoms with van der Waals surface area (Å²) in [6.45, 7) is 3.53. The van der Waals surface area contributed by atoms with E-state index in [-0.39, 0.29) is 12.5 Å². The first-order chi connectivity index (χ1) is 9.92. The Morgan fingerprint density at radius 3 is 2.86 bits per heavy atom. The van der Waals surface area contributed by atoms with Crippen LogP contribution >= 0.6 is 11.3 Å². The van der Waals surface area contributed by atoms with Crippen LogP contribution in [0, 0.1) is 5.41 Å². The Labute approximate surface area is 124 Å². The van der Waals surface area contributed by atoms with Crippen molar-refractivity contribution in [1.82, 2.24) is 25.5 Å². The highest BCUT2D eigenvalue weighted by atomic mass is 32.1. The molecule has 0 fully saturated rings. The molecule has 0 aliphatic heterocycles. The first kappa shape index (κ1) is 15.1. The maximum Gasteiger partial charge on any atom is 0.309 e.